The van der Waals surface area contributed by atoms with Gasteiger partial charge in [-0.15, -0.1) is 0 Å². The Hall–Kier alpha value is -2.21. The number of nitrogens with one attached hydrogen (secondary N) is 1. The molecule has 1 unspecified atom stereocenters. The molecule has 0 bridgehead atoms. The first kappa shape index (κ1) is 14.2. The van der Waals surface area contributed by atoms with Gasteiger partial charge in [0, 0.05) is 0 Å². The van der Waals surface area contributed by atoms with E-state index in [1.165, 1.54) is 0 Å². The van der Waals surface area contributed by atoms with Gasteiger partial charge in [-0.2, -0.15) is 0 Å². The zero-order valence-corrected chi connectivity index (χ0v) is 11.4. The van der Waals surface area contributed by atoms with Crippen LogP contribution in [-0.2, 0) is 9.59 Å². The number of Topliss-reactive ketones (excluding diaryl/α,β-unsaturated/α-hetero) is 1. The van der Waals surface area contributed by atoms with Crippen LogP contribution < -0.4 is 16.0 Å². The van der Waals surface area contributed by atoms with Crippen LogP contribution in [0, 0.1) is 5.92 Å². The number of carbonyl (C=O) groups is 3. The Morgan fingerprint density at radius 1 is 1.25 bits per heavy atom. The summed E-state index contributed by atoms with van der Waals surface area (Å²) in [6.07, 6.45) is 0. The average Bonchev–Trinajstić information content (AvgIpc) is 2.73. The lowest BCUT2D eigenvalue weighted by Crippen LogP contribution is -2.49. The van der Waals surface area contributed by atoms with Crippen LogP contribution in [0.1, 0.15) is 13.8 Å². The Labute approximate surface area is 116 Å². The number of nitrogens with zero attached hydrogens (tertiary/aromatic N) is 1. The van der Waals surface area contributed by atoms with E-state index in [9.17, 15) is 14.4 Å². The molecule has 1 fully saturated rings. The van der Waals surface area contributed by atoms with Crippen molar-refractivity contribution in [2.45, 2.75) is 25.9 Å². The fraction of sp³-hybridized carbons (Fsp3) is 0.357. The van der Waals surface area contributed by atoms with Crippen molar-refractivity contribution < 1.29 is 14.4 Å². The Bertz CT molecular complexity index is 542. The second-order valence-corrected chi connectivity index (χ2v) is 5.06. The minimum atomic E-state index is -1.19. The average molecular weight is 275 g/mol. The van der Waals surface area contributed by atoms with Crippen molar-refractivity contribution in [1.82, 2.24) is 5.32 Å². The van der Waals surface area contributed by atoms with Gasteiger partial charge in [0.2, 0.25) is 0 Å². The minimum absolute atomic E-state index is 0.0991. The van der Waals surface area contributed by atoms with Crippen LogP contribution in [0.5, 0.6) is 0 Å². The molecule has 0 radical (unpaired) electrons. The van der Waals surface area contributed by atoms with Gasteiger partial charge in [-0.1, -0.05) is 32.0 Å². The molecule has 1 aliphatic heterocycles. The normalized spacial score (nSPS) is 20.2. The molecule has 0 aromatic heterocycles. The summed E-state index contributed by atoms with van der Waals surface area (Å²) in [6, 6.07) is 5.89. The number of carbonyl (C=O) groups excluding carboxylic acids is 3. The standard InChI is InChI=1S/C14H17N3O3/c1-8(2)10(15)12(18)11-13(19)17(14(20)16-11)9-6-4-3-5-7-9/h3-8,10-11H,15H2,1-2H3,(H,16,20)/t10-,11?/m0/s1. The SMILES string of the molecule is CC(C)[C@H](N)C(=O)C1NC(=O)N(c2ccccc2)C1=O. The topological polar surface area (TPSA) is 92.5 Å². The fourth-order valence-corrected chi connectivity index (χ4v) is 2.01. The number of nitrogens with two attached hydrogens (primary N) is 1. The van der Waals surface area contributed by atoms with Crippen LogP contribution in [0.4, 0.5) is 10.5 Å². The summed E-state index contributed by atoms with van der Waals surface area (Å²) in [7, 11) is 0. The summed E-state index contributed by atoms with van der Waals surface area (Å²) in [5, 5.41) is 2.40. The monoisotopic (exact) mass is 275 g/mol. The molecule has 20 heavy (non-hydrogen) atoms. The van der Waals surface area contributed by atoms with Crippen LogP contribution in [-0.4, -0.2) is 29.8 Å². The number of hydrogen-bond donors (Lipinski definition) is 2. The number of urea groups is 1. The first-order valence-electron chi connectivity index (χ1n) is 6.42. The Kier molecular flexibility index (Phi) is 3.85. The smallest absolute Gasteiger partial charge is 0.321 e. The molecule has 6 nitrogen and oxygen atoms in total. The molecule has 1 aliphatic rings. The molecular formula is C14H17N3O3. The van der Waals surface area contributed by atoms with Crippen molar-refractivity contribution in [3.05, 3.63) is 30.3 Å². The molecule has 1 saturated heterocycles. The maximum absolute atomic E-state index is 12.3. The van der Waals surface area contributed by atoms with Gasteiger partial charge >= 0.3 is 6.03 Å². The van der Waals surface area contributed by atoms with Gasteiger partial charge in [-0.25, -0.2) is 9.69 Å². The molecule has 1 aromatic rings. The van der Waals surface area contributed by atoms with Crippen molar-refractivity contribution in [2.75, 3.05) is 4.90 Å². The second-order valence-electron chi connectivity index (χ2n) is 5.06. The summed E-state index contributed by atoms with van der Waals surface area (Å²) in [5.41, 5.74) is 6.19. The molecule has 2 rings (SSSR count). The first-order valence-corrected chi connectivity index (χ1v) is 6.42. The van der Waals surface area contributed by atoms with Gasteiger partial charge in [0.25, 0.3) is 5.91 Å². The zero-order valence-electron chi connectivity index (χ0n) is 11.4. The van der Waals surface area contributed by atoms with Gasteiger partial charge in [-0.3, -0.25) is 9.59 Å². The lowest BCUT2D eigenvalue weighted by molar-refractivity contribution is -0.129. The third-order valence-corrected chi connectivity index (χ3v) is 3.28. The van der Waals surface area contributed by atoms with E-state index in [0.717, 1.165) is 4.90 Å². The molecular weight excluding hydrogens is 258 g/mol. The summed E-state index contributed by atoms with van der Waals surface area (Å²) < 4.78 is 0. The van der Waals surface area contributed by atoms with Crippen molar-refractivity contribution in [3.8, 4) is 0 Å². The van der Waals surface area contributed by atoms with Crippen molar-refractivity contribution >= 4 is 23.4 Å². The van der Waals surface area contributed by atoms with E-state index in [4.69, 9.17) is 5.73 Å². The van der Waals surface area contributed by atoms with E-state index < -0.39 is 29.8 Å². The predicted octanol–water partition coefficient (Wildman–Crippen LogP) is 0.664. The van der Waals surface area contributed by atoms with E-state index in [2.05, 4.69) is 5.32 Å². The van der Waals surface area contributed by atoms with Crippen LogP contribution in [0.3, 0.4) is 0 Å². The first-order chi connectivity index (χ1) is 9.43. The predicted molar refractivity (Wildman–Crippen MR) is 74.1 cm³/mol. The number of hydrogen-bond acceptors (Lipinski definition) is 4. The zero-order chi connectivity index (χ0) is 14.9. The number of anilines is 1. The van der Waals surface area contributed by atoms with Gasteiger partial charge < -0.3 is 11.1 Å². The number of benzene rings is 1. The van der Waals surface area contributed by atoms with Crippen LogP contribution in [0.25, 0.3) is 0 Å². The van der Waals surface area contributed by atoms with E-state index in [0.29, 0.717) is 5.69 Å². The van der Waals surface area contributed by atoms with E-state index in [1.807, 2.05) is 0 Å². The molecule has 3 N–H and O–H groups in total. The molecule has 2 atom stereocenters. The third kappa shape index (κ3) is 2.42. The van der Waals surface area contributed by atoms with Crippen LogP contribution in [0.15, 0.2) is 30.3 Å². The number of ketones is 1. The molecule has 0 saturated carbocycles. The number of rotatable bonds is 4. The lowest BCUT2D eigenvalue weighted by Gasteiger charge is -2.17. The minimum Gasteiger partial charge on any atom is -0.321 e. The highest BCUT2D eigenvalue weighted by Crippen LogP contribution is 2.20. The van der Waals surface area contributed by atoms with Gasteiger partial charge in [-0.05, 0) is 18.1 Å². The third-order valence-electron chi connectivity index (χ3n) is 3.28. The molecule has 1 aromatic carbocycles. The van der Waals surface area contributed by atoms with Gasteiger partial charge in [0.1, 0.15) is 0 Å². The van der Waals surface area contributed by atoms with Crippen molar-refractivity contribution in [3.63, 3.8) is 0 Å². The van der Waals surface area contributed by atoms with E-state index in [1.54, 1.807) is 44.2 Å². The highest BCUT2D eigenvalue weighted by molar-refractivity contribution is 6.28. The van der Waals surface area contributed by atoms with Crippen LogP contribution in [0.2, 0.25) is 0 Å². The highest BCUT2D eigenvalue weighted by atomic mass is 16.2. The van der Waals surface area contributed by atoms with Gasteiger partial charge in [0.05, 0.1) is 11.7 Å². The number of amides is 3. The highest BCUT2D eigenvalue weighted by Gasteiger charge is 2.44. The maximum Gasteiger partial charge on any atom is 0.329 e. The van der Waals surface area contributed by atoms with Crippen molar-refractivity contribution in [2.24, 2.45) is 11.7 Å². The molecule has 1 heterocycles. The van der Waals surface area contributed by atoms with Crippen LogP contribution >= 0.6 is 0 Å². The summed E-state index contributed by atoms with van der Waals surface area (Å²) in [6.45, 7) is 3.58. The fourth-order valence-electron chi connectivity index (χ4n) is 2.01. The molecule has 106 valence electrons. The Morgan fingerprint density at radius 2 is 1.85 bits per heavy atom. The number of para-hydroxylation sites is 1. The quantitative estimate of drug-likeness (QED) is 0.623. The molecule has 6 heteroatoms. The lowest BCUT2D eigenvalue weighted by atomic mass is 9.96. The molecule has 0 aliphatic carbocycles. The summed E-state index contributed by atoms with van der Waals surface area (Å²) >= 11 is 0. The Balaban J connectivity index is 2.24. The summed E-state index contributed by atoms with van der Waals surface area (Å²) in [4.78, 5) is 37.2. The maximum atomic E-state index is 12.3. The largest absolute Gasteiger partial charge is 0.329 e. The Morgan fingerprint density at radius 3 is 2.40 bits per heavy atom. The number of imide groups is 1. The van der Waals surface area contributed by atoms with E-state index in [-0.39, 0.29) is 5.92 Å². The van der Waals surface area contributed by atoms with Crippen molar-refractivity contribution in [1.29, 1.82) is 0 Å². The summed E-state index contributed by atoms with van der Waals surface area (Å²) in [5.74, 6) is -1.14. The van der Waals surface area contributed by atoms with E-state index >= 15 is 0 Å². The van der Waals surface area contributed by atoms with Gasteiger partial charge in [0.15, 0.2) is 11.8 Å². The second kappa shape index (κ2) is 5.42. The molecule has 3 amide bonds. The molecule has 0 spiro atoms.